The minimum absolute atomic E-state index is 0.0416. The monoisotopic (exact) mass is 426 g/mol. The molecule has 0 amide bonds. The summed E-state index contributed by atoms with van der Waals surface area (Å²) in [6.45, 7) is 1.93. The molecule has 0 fully saturated rings. The molecule has 2 aromatic heterocycles. The third kappa shape index (κ3) is 5.04. The number of ether oxygens (including phenoxy) is 1. The van der Waals surface area contributed by atoms with Gasteiger partial charge in [-0.05, 0) is 30.2 Å². The zero-order valence-corrected chi connectivity index (χ0v) is 17.5. The Labute approximate surface area is 185 Å². The second-order valence-electron chi connectivity index (χ2n) is 6.93. The highest BCUT2D eigenvalue weighted by atomic mass is 16.5. The molecule has 0 saturated heterocycles. The number of para-hydroxylation sites is 2. The first-order valence-corrected chi connectivity index (χ1v) is 10.2. The minimum atomic E-state index is -0.525. The molecule has 0 saturated carbocycles. The number of nitrogen functional groups attached to an aromatic ring is 1. The Balaban J connectivity index is 1.43. The van der Waals surface area contributed by atoms with E-state index in [1.807, 2.05) is 54.6 Å². The number of pyridine rings is 1. The number of aromatic nitrogens is 4. The highest BCUT2D eigenvalue weighted by Gasteiger charge is 2.09. The summed E-state index contributed by atoms with van der Waals surface area (Å²) in [5.41, 5.74) is 9.45. The highest BCUT2D eigenvalue weighted by molar-refractivity contribution is 5.92. The van der Waals surface area contributed by atoms with E-state index in [2.05, 4.69) is 32.2 Å². The first-order chi connectivity index (χ1) is 15.6. The van der Waals surface area contributed by atoms with Crippen molar-refractivity contribution in [1.82, 2.24) is 19.9 Å². The molecule has 0 unspecified atom stereocenters. The Morgan fingerprint density at radius 2 is 1.91 bits per heavy atom. The molecule has 0 aliphatic carbocycles. The van der Waals surface area contributed by atoms with Crippen molar-refractivity contribution >= 4 is 40.5 Å². The lowest BCUT2D eigenvalue weighted by molar-refractivity contribution is -0.139. The van der Waals surface area contributed by atoms with Crippen LogP contribution in [0.3, 0.4) is 0 Å². The van der Waals surface area contributed by atoms with Gasteiger partial charge in [-0.2, -0.15) is 15.0 Å². The lowest BCUT2D eigenvalue weighted by Gasteiger charge is -2.10. The van der Waals surface area contributed by atoms with Gasteiger partial charge in [0.15, 0.2) is 12.4 Å². The number of carbonyl (C=O) groups is 1. The van der Waals surface area contributed by atoms with E-state index in [1.165, 1.54) is 6.08 Å². The first-order valence-electron chi connectivity index (χ1n) is 10.2. The van der Waals surface area contributed by atoms with Gasteiger partial charge in [0.2, 0.25) is 11.9 Å². The Morgan fingerprint density at radius 3 is 2.78 bits per heavy atom. The van der Waals surface area contributed by atoms with E-state index in [1.54, 1.807) is 12.3 Å². The molecule has 2 aromatic carbocycles. The zero-order valence-electron chi connectivity index (χ0n) is 17.5. The number of benzene rings is 2. The number of nitrogens with zero attached hydrogens (tertiary/aromatic N) is 4. The molecule has 0 radical (unpaired) electrons. The third-order valence-electron chi connectivity index (χ3n) is 4.75. The number of hydrogen-bond donors (Lipinski definition) is 2. The van der Waals surface area contributed by atoms with Gasteiger partial charge >= 0.3 is 5.97 Å². The second-order valence-corrected chi connectivity index (χ2v) is 6.93. The molecule has 3 N–H and O–H groups in total. The maximum absolute atomic E-state index is 12.2. The van der Waals surface area contributed by atoms with Crippen molar-refractivity contribution in [3.05, 3.63) is 83.8 Å². The average Bonchev–Trinajstić information content (AvgIpc) is 2.81. The van der Waals surface area contributed by atoms with Crippen LogP contribution in [0.1, 0.15) is 23.9 Å². The molecule has 4 aromatic rings. The Hall–Kier alpha value is -4.33. The molecule has 2 heterocycles. The van der Waals surface area contributed by atoms with Crippen LogP contribution >= 0.6 is 0 Å². The van der Waals surface area contributed by atoms with Crippen molar-refractivity contribution in [2.75, 3.05) is 11.1 Å². The fourth-order valence-electron chi connectivity index (χ4n) is 3.23. The SMILES string of the molecule is CCc1ccccc1Nc1nc(N)nc(COC(=O)/C=C/c2cccc3cccnc23)n1. The van der Waals surface area contributed by atoms with E-state index < -0.39 is 5.97 Å². The Kier molecular flexibility index (Phi) is 6.31. The summed E-state index contributed by atoms with van der Waals surface area (Å²) in [6, 6.07) is 17.4. The fraction of sp³-hybridized carbons (Fsp3) is 0.125. The summed E-state index contributed by atoms with van der Waals surface area (Å²) >= 11 is 0. The molecule has 4 rings (SSSR count). The van der Waals surface area contributed by atoms with Crippen LogP contribution in [0.2, 0.25) is 0 Å². The molecule has 160 valence electrons. The van der Waals surface area contributed by atoms with E-state index in [0.29, 0.717) is 5.95 Å². The van der Waals surface area contributed by atoms with E-state index in [4.69, 9.17) is 10.5 Å². The van der Waals surface area contributed by atoms with Crippen molar-refractivity contribution in [3.8, 4) is 0 Å². The highest BCUT2D eigenvalue weighted by Crippen LogP contribution is 2.20. The van der Waals surface area contributed by atoms with Crippen LogP contribution in [0.4, 0.5) is 17.6 Å². The molecule has 32 heavy (non-hydrogen) atoms. The van der Waals surface area contributed by atoms with Crippen LogP contribution in [0.15, 0.2) is 66.9 Å². The van der Waals surface area contributed by atoms with E-state index >= 15 is 0 Å². The second kappa shape index (κ2) is 9.65. The van der Waals surface area contributed by atoms with Gasteiger partial charge in [0.05, 0.1) is 5.52 Å². The number of carbonyl (C=O) groups excluding carboxylic acids is 1. The summed E-state index contributed by atoms with van der Waals surface area (Å²) < 4.78 is 5.28. The largest absolute Gasteiger partial charge is 0.454 e. The Bertz CT molecular complexity index is 1280. The van der Waals surface area contributed by atoms with E-state index in [9.17, 15) is 4.79 Å². The zero-order chi connectivity index (χ0) is 22.3. The predicted molar refractivity (Wildman–Crippen MR) is 124 cm³/mol. The Morgan fingerprint density at radius 1 is 1.06 bits per heavy atom. The number of anilines is 3. The van der Waals surface area contributed by atoms with E-state index in [-0.39, 0.29) is 18.4 Å². The summed E-state index contributed by atoms with van der Waals surface area (Å²) in [4.78, 5) is 29.1. The van der Waals surface area contributed by atoms with Crippen LogP contribution in [0.5, 0.6) is 0 Å². The molecular formula is C24H22N6O2. The van der Waals surface area contributed by atoms with E-state index in [0.717, 1.165) is 34.1 Å². The molecule has 8 heteroatoms. The summed E-state index contributed by atoms with van der Waals surface area (Å²) in [7, 11) is 0. The van der Waals surface area contributed by atoms with Gasteiger partial charge < -0.3 is 15.8 Å². The first kappa shape index (κ1) is 20.9. The molecule has 0 aliphatic rings. The normalized spacial score (nSPS) is 11.0. The lowest BCUT2D eigenvalue weighted by Crippen LogP contribution is -2.10. The summed E-state index contributed by atoms with van der Waals surface area (Å²) in [6.07, 6.45) is 5.60. The maximum Gasteiger partial charge on any atom is 0.331 e. The summed E-state index contributed by atoms with van der Waals surface area (Å²) in [5, 5.41) is 4.15. The van der Waals surface area contributed by atoms with Gasteiger partial charge in [-0.25, -0.2) is 4.79 Å². The number of fused-ring (bicyclic) bond motifs is 1. The molecule has 8 nitrogen and oxygen atoms in total. The van der Waals surface area contributed by atoms with Crippen LogP contribution in [-0.2, 0) is 22.6 Å². The van der Waals surface area contributed by atoms with Crippen molar-refractivity contribution in [1.29, 1.82) is 0 Å². The van der Waals surface area contributed by atoms with Crippen LogP contribution in [0.25, 0.3) is 17.0 Å². The van der Waals surface area contributed by atoms with Crippen LogP contribution in [0, 0.1) is 0 Å². The van der Waals surface area contributed by atoms with Gasteiger partial charge in [0.1, 0.15) is 0 Å². The average molecular weight is 426 g/mol. The third-order valence-corrected chi connectivity index (χ3v) is 4.75. The molecular weight excluding hydrogens is 404 g/mol. The van der Waals surface area contributed by atoms with Crippen molar-refractivity contribution < 1.29 is 9.53 Å². The topological polar surface area (TPSA) is 116 Å². The van der Waals surface area contributed by atoms with Crippen LogP contribution < -0.4 is 11.1 Å². The van der Waals surface area contributed by atoms with Gasteiger partial charge in [0.25, 0.3) is 0 Å². The van der Waals surface area contributed by atoms with Gasteiger partial charge in [-0.3, -0.25) is 4.98 Å². The summed E-state index contributed by atoms with van der Waals surface area (Å²) in [5.74, 6) is 0.0621. The smallest absolute Gasteiger partial charge is 0.331 e. The minimum Gasteiger partial charge on any atom is -0.454 e. The number of aryl methyl sites for hydroxylation is 1. The quantitative estimate of drug-likeness (QED) is 0.336. The predicted octanol–water partition coefficient (Wildman–Crippen LogP) is 4.06. The molecule has 0 bridgehead atoms. The molecule has 0 atom stereocenters. The number of esters is 1. The lowest BCUT2D eigenvalue weighted by atomic mass is 10.1. The number of nitrogens with two attached hydrogens (primary N) is 1. The molecule has 0 aliphatic heterocycles. The van der Waals surface area contributed by atoms with Crippen LogP contribution in [-0.4, -0.2) is 25.9 Å². The molecule has 0 spiro atoms. The standard InChI is InChI=1S/C24H22N6O2/c1-2-16-7-3-4-11-19(16)27-24-29-20(28-23(25)30-24)15-32-21(31)13-12-18-9-5-8-17-10-6-14-26-22(17)18/h3-14H,2,15H2,1H3,(H3,25,27,28,29,30)/b13-12+. The number of nitrogens with one attached hydrogen (secondary N) is 1. The fourth-order valence-corrected chi connectivity index (χ4v) is 3.23. The van der Waals surface area contributed by atoms with Crippen molar-refractivity contribution in [2.45, 2.75) is 20.0 Å². The van der Waals surface area contributed by atoms with Gasteiger partial charge in [0, 0.05) is 28.9 Å². The van der Waals surface area contributed by atoms with Crippen molar-refractivity contribution in [2.24, 2.45) is 0 Å². The maximum atomic E-state index is 12.2. The van der Waals surface area contributed by atoms with Gasteiger partial charge in [-0.15, -0.1) is 0 Å². The van der Waals surface area contributed by atoms with Gasteiger partial charge in [-0.1, -0.05) is 49.4 Å². The van der Waals surface area contributed by atoms with Crippen molar-refractivity contribution in [3.63, 3.8) is 0 Å². The number of hydrogen-bond acceptors (Lipinski definition) is 8. The number of rotatable bonds is 7.